The van der Waals surface area contributed by atoms with Gasteiger partial charge in [-0.25, -0.2) is 0 Å². The van der Waals surface area contributed by atoms with Gasteiger partial charge in [-0.05, 0) is 55.1 Å². The lowest BCUT2D eigenvalue weighted by Crippen LogP contribution is -2.47. The van der Waals surface area contributed by atoms with Crippen LogP contribution in [0, 0.1) is 0 Å². The number of hydrogen-bond acceptors (Lipinski definition) is 4. The van der Waals surface area contributed by atoms with Crippen LogP contribution in [0.15, 0.2) is 48.5 Å². The zero-order valence-electron chi connectivity index (χ0n) is 20.6. The van der Waals surface area contributed by atoms with Crippen molar-refractivity contribution in [1.82, 2.24) is 9.80 Å². The molecule has 1 heterocycles. The number of hydrogen-bond donors (Lipinski definition) is 1. The minimum absolute atomic E-state index is 0.0804. The Kier molecular flexibility index (Phi) is 8.40. The average Bonchev–Trinajstić information content (AvgIpc) is 2.85. The Morgan fingerprint density at radius 1 is 0.943 bits per heavy atom. The van der Waals surface area contributed by atoms with Gasteiger partial charge in [-0.1, -0.05) is 49.6 Å². The molecule has 2 aromatic rings. The van der Waals surface area contributed by atoms with E-state index in [9.17, 15) is 18.3 Å². The number of nitrogens with zero attached hydrogens (tertiary/aromatic N) is 2. The van der Waals surface area contributed by atoms with Crippen LogP contribution in [0.1, 0.15) is 61.1 Å². The standard InChI is InChI=1S/C28H37F3N2O2/c1-35-25-10-8-23(9-11-25)26(27(34)13-3-2-4-14-27)12-15-32-16-18-33(19-17-32)21-22-6-5-7-24(20-22)28(29,30)31/h5-11,20,26,34H,2-4,12-19,21H2,1H3. The van der Waals surface area contributed by atoms with Crippen molar-refractivity contribution >= 4 is 0 Å². The third kappa shape index (κ3) is 6.78. The van der Waals surface area contributed by atoms with Gasteiger partial charge in [-0.3, -0.25) is 4.90 Å². The van der Waals surface area contributed by atoms with Crippen molar-refractivity contribution in [1.29, 1.82) is 0 Å². The Morgan fingerprint density at radius 2 is 1.60 bits per heavy atom. The number of aliphatic hydroxyl groups is 1. The highest BCUT2D eigenvalue weighted by atomic mass is 19.4. The maximum atomic E-state index is 13.0. The Bertz CT molecular complexity index is 934. The summed E-state index contributed by atoms with van der Waals surface area (Å²) >= 11 is 0. The molecule has 192 valence electrons. The van der Waals surface area contributed by atoms with Crippen molar-refractivity contribution in [3.63, 3.8) is 0 Å². The Labute approximate surface area is 206 Å². The molecule has 1 atom stereocenters. The Morgan fingerprint density at radius 3 is 2.23 bits per heavy atom. The van der Waals surface area contributed by atoms with Gasteiger partial charge >= 0.3 is 6.18 Å². The quantitative estimate of drug-likeness (QED) is 0.515. The first-order valence-corrected chi connectivity index (χ1v) is 12.7. The first-order chi connectivity index (χ1) is 16.8. The molecule has 2 aromatic carbocycles. The van der Waals surface area contributed by atoms with E-state index in [1.165, 1.54) is 24.1 Å². The van der Waals surface area contributed by atoms with Gasteiger partial charge in [0.05, 0.1) is 18.3 Å². The van der Waals surface area contributed by atoms with Crippen LogP contribution in [0.25, 0.3) is 0 Å². The summed E-state index contributed by atoms with van der Waals surface area (Å²) in [5.74, 6) is 0.900. The molecule has 35 heavy (non-hydrogen) atoms. The zero-order valence-corrected chi connectivity index (χ0v) is 20.6. The summed E-state index contributed by atoms with van der Waals surface area (Å²) < 4.78 is 44.4. The number of alkyl halides is 3. The zero-order chi connectivity index (χ0) is 24.9. The highest BCUT2D eigenvalue weighted by molar-refractivity contribution is 5.31. The van der Waals surface area contributed by atoms with E-state index in [2.05, 4.69) is 21.9 Å². The smallest absolute Gasteiger partial charge is 0.416 e. The molecule has 0 aromatic heterocycles. The van der Waals surface area contributed by atoms with Crippen LogP contribution in [-0.2, 0) is 12.7 Å². The molecule has 1 aliphatic carbocycles. The molecule has 2 aliphatic rings. The fraction of sp³-hybridized carbons (Fsp3) is 0.571. The minimum atomic E-state index is -4.31. The molecule has 7 heteroatoms. The molecule has 0 bridgehead atoms. The van der Waals surface area contributed by atoms with Gasteiger partial charge in [-0.15, -0.1) is 0 Å². The van der Waals surface area contributed by atoms with Crippen molar-refractivity contribution in [2.45, 2.75) is 62.8 Å². The van der Waals surface area contributed by atoms with Crippen LogP contribution in [0.2, 0.25) is 0 Å². The van der Waals surface area contributed by atoms with Crippen molar-refractivity contribution in [3.05, 3.63) is 65.2 Å². The van der Waals surface area contributed by atoms with E-state index in [0.717, 1.165) is 76.6 Å². The van der Waals surface area contributed by atoms with Crippen LogP contribution < -0.4 is 4.74 Å². The van der Waals surface area contributed by atoms with Crippen molar-refractivity contribution in [3.8, 4) is 5.75 Å². The van der Waals surface area contributed by atoms with Gasteiger partial charge in [0.1, 0.15) is 5.75 Å². The molecule has 0 radical (unpaired) electrons. The third-order valence-corrected chi connectivity index (χ3v) is 7.75. The third-order valence-electron chi connectivity index (χ3n) is 7.75. The van der Waals surface area contributed by atoms with Crippen LogP contribution in [0.3, 0.4) is 0 Å². The van der Waals surface area contributed by atoms with Crippen LogP contribution in [0.5, 0.6) is 5.75 Å². The number of halogens is 3. The molecular formula is C28H37F3N2O2. The van der Waals surface area contributed by atoms with Gasteiger partial charge in [0.25, 0.3) is 0 Å². The number of rotatable bonds is 8. The molecule has 1 unspecified atom stereocenters. The first kappa shape index (κ1) is 26.0. The molecule has 0 amide bonds. The normalized spacial score (nSPS) is 20.5. The van der Waals surface area contributed by atoms with E-state index in [4.69, 9.17) is 4.74 Å². The lowest BCUT2D eigenvalue weighted by molar-refractivity contribution is -0.137. The number of ether oxygens (including phenoxy) is 1. The monoisotopic (exact) mass is 490 g/mol. The summed E-state index contributed by atoms with van der Waals surface area (Å²) in [6.45, 7) is 4.85. The summed E-state index contributed by atoms with van der Waals surface area (Å²) in [7, 11) is 1.66. The van der Waals surface area contributed by atoms with Crippen LogP contribution in [0.4, 0.5) is 13.2 Å². The highest BCUT2D eigenvalue weighted by Crippen LogP contribution is 2.42. The lowest BCUT2D eigenvalue weighted by Gasteiger charge is -2.41. The molecule has 1 saturated heterocycles. The van der Waals surface area contributed by atoms with Gasteiger partial charge < -0.3 is 14.7 Å². The lowest BCUT2D eigenvalue weighted by atomic mass is 9.71. The second-order valence-electron chi connectivity index (χ2n) is 10.1. The average molecular weight is 491 g/mol. The summed E-state index contributed by atoms with van der Waals surface area (Å²) in [6, 6.07) is 13.8. The molecular weight excluding hydrogens is 453 g/mol. The van der Waals surface area contributed by atoms with Crippen molar-refractivity contribution in [2.75, 3.05) is 39.8 Å². The predicted octanol–water partition coefficient (Wildman–Crippen LogP) is 5.70. The second-order valence-corrected chi connectivity index (χ2v) is 10.1. The SMILES string of the molecule is COc1ccc(C(CCN2CCN(Cc3cccc(C(F)(F)F)c3)CC2)C2(O)CCCCC2)cc1. The molecule has 4 rings (SSSR count). The van der Waals surface area contributed by atoms with Gasteiger partial charge in [0, 0.05) is 38.6 Å². The molecule has 4 nitrogen and oxygen atoms in total. The first-order valence-electron chi connectivity index (χ1n) is 12.7. The largest absolute Gasteiger partial charge is 0.497 e. The maximum absolute atomic E-state index is 13.0. The van der Waals surface area contributed by atoms with E-state index < -0.39 is 17.3 Å². The Balaban J connectivity index is 1.34. The molecule has 1 N–H and O–H groups in total. The van der Waals surface area contributed by atoms with Gasteiger partial charge in [-0.2, -0.15) is 13.2 Å². The molecule has 1 saturated carbocycles. The summed E-state index contributed by atoms with van der Waals surface area (Å²) in [6.07, 6.45) is 1.58. The van der Waals surface area contributed by atoms with Crippen molar-refractivity contribution in [2.24, 2.45) is 0 Å². The van der Waals surface area contributed by atoms with Gasteiger partial charge in [0.15, 0.2) is 0 Å². The predicted molar refractivity (Wildman–Crippen MR) is 132 cm³/mol. The molecule has 1 aliphatic heterocycles. The second kappa shape index (κ2) is 11.3. The fourth-order valence-corrected chi connectivity index (χ4v) is 5.68. The molecule has 0 spiro atoms. The maximum Gasteiger partial charge on any atom is 0.416 e. The Hall–Kier alpha value is -2.09. The number of benzene rings is 2. The number of methoxy groups -OCH3 is 1. The van der Waals surface area contributed by atoms with Gasteiger partial charge in [0.2, 0.25) is 0 Å². The minimum Gasteiger partial charge on any atom is -0.497 e. The molecule has 2 fully saturated rings. The fourth-order valence-electron chi connectivity index (χ4n) is 5.68. The highest BCUT2D eigenvalue weighted by Gasteiger charge is 2.38. The number of piperazine rings is 1. The summed E-state index contributed by atoms with van der Waals surface area (Å²) in [5, 5.41) is 11.6. The van der Waals surface area contributed by atoms with Crippen LogP contribution in [-0.4, -0.2) is 60.3 Å². The topological polar surface area (TPSA) is 35.9 Å². The van der Waals surface area contributed by atoms with E-state index in [1.807, 2.05) is 12.1 Å². The van der Waals surface area contributed by atoms with E-state index >= 15 is 0 Å². The summed E-state index contributed by atoms with van der Waals surface area (Å²) in [4.78, 5) is 4.65. The van der Waals surface area contributed by atoms with Crippen LogP contribution >= 0.6 is 0 Å². The van der Waals surface area contributed by atoms with Crippen molar-refractivity contribution < 1.29 is 23.0 Å². The van der Waals surface area contributed by atoms with E-state index in [-0.39, 0.29) is 5.92 Å². The van der Waals surface area contributed by atoms with E-state index in [1.54, 1.807) is 13.2 Å². The van der Waals surface area contributed by atoms with E-state index in [0.29, 0.717) is 12.1 Å². The summed E-state index contributed by atoms with van der Waals surface area (Å²) in [5.41, 5.74) is 0.614.